The van der Waals surface area contributed by atoms with Crippen molar-refractivity contribution in [3.05, 3.63) is 36.9 Å². The van der Waals surface area contributed by atoms with Gasteiger partial charge in [-0.15, -0.1) is 0 Å². The van der Waals surface area contributed by atoms with Gasteiger partial charge < -0.3 is 9.73 Å². The summed E-state index contributed by atoms with van der Waals surface area (Å²) in [7, 11) is 0. The summed E-state index contributed by atoms with van der Waals surface area (Å²) in [6.07, 6.45) is 7.13. The highest BCUT2D eigenvalue weighted by atomic mass is 16.3. The van der Waals surface area contributed by atoms with Crippen LogP contribution in [0, 0.1) is 5.92 Å². The van der Waals surface area contributed by atoms with E-state index < -0.39 is 0 Å². The van der Waals surface area contributed by atoms with E-state index in [1.807, 2.05) is 6.07 Å². The molecule has 1 N–H and O–H groups in total. The molecular weight excluding hydrogens is 224 g/mol. The Balaban J connectivity index is 1.78. The summed E-state index contributed by atoms with van der Waals surface area (Å²) in [6.45, 7) is 2.25. The zero-order valence-electron chi connectivity index (χ0n) is 10.6. The van der Waals surface area contributed by atoms with Crippen molar-refractivity contribution in [1.82, 2.24) is 4.98 Å². The van der Waals surface area contributed by atoms with E-state index in [2.05, 4.69) is 35.4 Å². The highest BCUT2D eigenvalue weighted by Crippen LogP contribution is 2.36. The first-order valence-electron chi connectivity index (χ1n) is 6.62. The number of nitrogens with one attached hydrogen (secondary N) is 1. The molecule has 1 heterocycles. The van der Waals surface area contributed by atoms with Crippen LogP contribution in [0.2, 0.25) is 0 Å². The molecule has 1 aromatic heterocycles. The topological polar surface area (TPSA) is 38.1 Å². The third kappa shape index (κ3) is 2.40. The molecule has 1 saturated carbocycles. The SMILES string of the molecule is CCC(Nc1cccc(-c2cnco2)c1)C1CC1. The fourth-order valence-electron chi connectivity index (χ4n) is 2.39. The van der Waals surface area contributed by atoms with E-state index in [1.54, 1.807) is 6.20 Å². The molecule has 0 saturated heterocycles. The van der Waals surface area contributed by atoms with Crippen LogP contribution in [-0.2, 0) is 0 Å². The molecule has 1 aromatic carbocycles. The Bertz CT molecular complexity index is 503. The van der Waals surface area contributed by atoms with Gasteiger partial charge in [0.1, 0.15) is 0 Å². The molecule has 94 valence electrons. The first-order valence-corrected chi connectivity index (χ1v) is 6.62. The van der Waals surface area contributed by atoms with Gasteiger partial charge in [0.2, 0.25) is 0 Å². The second-order valence-electron chi connectivity index (χ2n) is 4.94. The van der Waals surface area contributed by atoms with Crippen molar-refractivity contribution >= 4 is 5.69 Å². The maximum absolute atomic E-state index is 5.33. The Kier molecular flexibility index (Phi) is 3.05. The minimum atomic E-state index is 0.606. The molecule has 0 bridgehead atoms. The number of hydrogen-bond donors (Lipinski definition) is 1. The van der Waals surface area contributed by atoms with Gasteiger partial charge in [-0.1, -0.05) is 19.1 Å². The van der Waals surface area contributed by atoms with Crippen molar-refractivity contribution in [3.63, 3.8) is 0 Å². The van der Waals surface area contributed by atoms with Gasteiger partial charge in [0.15, 0.2) is 12.2 Å². The fourth-order valence-corrected chi connectivity index (χ4v) is 2.39. The van der Waals surface area contributed by atoms with Crippen LogP contribution in [0.5, 0.6) is 0 Å². The lowest BCUT2D eigenvalue weighted by Gasteiger charge is -2.17. The average Bonchev–Trinajstić information content (AvgIpc) is 3.10. The normalized spacial score (nSPS) is 16.5. The third-order valence-corrected chi connectivity index (χ3v) is 3.56. The van der Waals surface area contributed by atoms with Crippen LogP contribution in [-0.4, -0.2) is 11.0 Å². The molecule has 1 fully saturated rings. The second-order valence-corrected chi connectivity index (χ2v) is 4.94. The lowest BCUT2D eigenvalue weighted by Crippen LogP contribution is -2.20. The van der Waals surface area contributed by atoms with E-state index in [0.717, 1.165) is 17.2 Å². The van der Waals surface area contributed by atoms with Gasteiger partial charge in [0, 0.05) is 17.3 Å². The van der Waals surface area contributed by atoms with Crippen molar-refractivity contribution in [1.29, 1.82) is 0 Å². The molecule has 3 rings (SSSR count). The van der Waals surface area contributed by atoms with Gasteiger partial charge in [0.25, 0.3) is 0 Å². The molecule has 0 radical (unpaired) electrons. The quantitative estimate of drug-likeness (QED) is 0.863. The molecule has 0 aliphatic heterocycles. The summed E-state index contributed by atoms with van der Waals surface area (Å²) in [5, 5.41) is 3.63. The van der Waals surface area contributed by atoms with Crippen molar-refractivity contribution in [2.75, 3.05) is 5.32 Å². The maximum Gasteiger partial charge on any atom is 0.181 e. The Labute approximate surface area is 107 Å². The largest absolute Gasteiger partial charge is 0.444 e. The number of nitrogens with zero attached hydrogens (tertiary/aromatic N) is 1. The van der Waals surface area contributed by atoms with E-state index in [1.165, 1.54) is 31.3 Å². The van der Waals surface area contributed by atoms with E-state index in [4.69, 9.17) is 4.42 Å². The second kappa shape index (κ2) is 4.84. The molecule has 1 aliphatic rings. The Morgan fingerprint density at radius 1 is 1.44 bits per heavy atom. The minimum Gasteiger partial charge on any atom is -0.444 e. The van der Waals surface area contributed by atoms with Crippen LogP contribution in [0.3, 0.4) is 0 Å². The molecular formula is C15H18N2O. The molecule has 0 spiro atoms. The van der Waals surface area contributed by atoms with E-state index >= 15 is 0 Å². The minimum absolute atomic E-state index is 0.606. The van der Waals surface area contributed by atoms with E-state index in [9.17, 15) is 0 Å². The Morgan fingerprint density at radius 3 is 3.00 bits per heavy atom. The molecule has 1 aliphatic carbocycles. The van der Waals surface area contributed by atoms with Crippen molar-refractivity contribution in [2.45, 2.75) is 32.2 Å². The maximum atomic E-state index is 5.33. The smallest absolute Gasteiger partial charge is 0.181 e. The first kappa shape index (κ1) is 11.3. The van der Waals surface area contributed by atoms with E-state index in [0.29, 0.717) is 6.04 Å². The monoisotopic (exact) mass is 242 g/mol. The number of oxazole rings is 1. The number of hydrogen-bond acceptors (Lipinski definition) is 3. The highest BCUT2D eigenvalue weighted by Gasteiger charge is 2.29. The summed E-state index contributed by atoms with van der Waals surface area (Å²) < 4.78 is 5.33. The Morgan fingerprint density at radius 2 is 2.33 bits per heavy atom. The van der Waals surface area contributed by atoms with Crippen LogP contribution < -0.4 is 5.32 Å². The molecule has 1 unspecified atom stereocenters. The van der Waals surface area contributed by atoms with Gasteiger partial charge in [-0.05, 0) is 37.3 Å². The average molecular weight is 242 g/mol. The number of aromatic nitrogens is 1. The lowest BCUT2D eigenvalue weighted by atomic mass is 10.1. The van der Waals surface area contributed by atoms with Gasteiger partial charge in [-0.3, -0.25) is 0 Å². The third-order valence-electron chi connectivity index (χ3n) is 3.56. The van der Waals surface area contributed by atoms with Gasteiger partial charge in [-0.25, -0.2) is 4.98 Å². The number of anilines is 1. The van der Waals surface area contributed by atoms with Gasteiger partial charge >= 0.3 is 0 Å². The van der Waals surface area contributed by atoms with Crippen LogP contribution in [0.15, 0.2) is 41.3 Å². The summed E-state index contributed by atoms with van der Waals surface area (Å²) in [5.74, 6) is 1.68. The highest BCUT2D eigenvalue weighted by molar-refractivity contribution is 5.63. The molecule has 18 heavy (non-hydrogen) atoms. The van der Waals surface area contributed by atoms with Crippen molar-refractivity contribution in [3.8, 4) is 11.3 Å². The van der Waals surface area contributed by atoms with Crippen LogP contribution in [0.4, 0.5) is 5.69 Å². The van der Waals surface area contributed by atoms with Crippen LogP contribution in [0.1, 0.15) is 26.2 Å². The zero-order chi connectivity index (χ0) is 12.4. The summed E-state index contributed by atoms with van der Waals surface area (Å²) in [4.78, 5) is 3.96. The standard InChI is InChI=1S/C15H18N2O/c1-2-14(11-6-7-11)17-13-5-3-4-12(8-13)15-9-16-10-18-15/h3-5,8-11,14,17H,2,6-7H2,1H3. The van der Waals surface area contributed by atoms with Crippen molar-refractivity contribution in [2.24, 2.45) is 5.92 Å². The predicted octanol–water partition coefficient (Wildman–Crippen LogP) is 3.94. The summed E-state index contributed by atoms with van der Waals surface area (Å²) in [5.41, 5.74) is 2.24. The summed E-state index contributed by atoms with van der Waals surface area (Å²) >= 11 is 0. The predicted molar refractivity (Wildman–Crippen MR) is 72.4 cm³/mol. The van der Waals surface area contributed by atoms with Gasteiger partial charge in [0.05, 0.1) is 6.20 Å². The van der Waals surface area contributed by atoms with Crippen LogP contribution in [0.25, 0.3) is 11.3 Å². The molecule has 3 nitrogen and oxygen atoms in total. The number of rotatable bonds is 5. The zero-order valence-corrected chi connectivity index (χ0v) is 10.6. The van der Waals surface area contributed by atoms with Crippen molar-refractivity contribution < 1.29 is 4.42 Å². The molecule has 0 amide bonds. The molecule has 1 atom stereocenters. The lowest BCUT2D eigenvalue weighted by molar-refractivity contribution is 0.572. The van der Waals surface area contributed by atoms with Crippen LogP contribution >= 0.6 is 0 Å². The first-order chi connectivity index (χ1) is 8.86. The number of benzene rings is 1. The molecule has 2 aromatic rings. The van der Waals surface area contributed by atoms with E-state index in [-0.39, 0.29) is 0 Å². The van der Waals surface area contributed by atoms with Gasteiger partial charge in [-0.2, -0.15) is 0 Å². The fraction of sp³-hybridized carbons (Fsp3) is 0.400. The molecule has 3 heteroatoms. The summed E-state index contributed by atoms with van der Waals surface area (Å²) in [6, 6.07) is 8.95. The Hall–Kier alpha value is -1.77.